The van der Waals surface area contributed by atoms with Crippen LogP contribution in [0.1, 0.15) is 51.5 Å². The summed E-state index contributed by atoms with van der Waals surface area (Å²) in [4.78, 5) is 11.8. The number of hydrogen-bond acceptors (Lipinski definition) is 8. The van der Waals surface area contributed by atoms with Crippen LogP contribution in [0, 0.1) is 0 Å². The molecule has 1 saturated heterocycles. The number of fused-ring (bicyclic) bond motifs is 1. The molecule has 1 aromatic rings. The summed E-state index contributed by atoms with van der Waals surface area (Å²) in [6.07, 6.45) is -4.04. The summed E-state index contributed by atoms with van der Waals surface area (Å²) in [5, 5.41) is 33.4. The third-order valence-electron chi connectivity index (χ3n) is 4.87. The van der Waals surface area contributed by atoms with Crippen molar-refractivity contribution < 1.29 is 47.7 Å². The summed E-state index contributed by atoms with van der Waals surface area (Å²) in [5.41, 5.74) is 0.650. The number of carbonyl (C=O) groups is 1. The maximum atomic E-state index is 13.0. The molecular weight excluding hydrogens is 419 g/mol. The van der Waals surface area contributed by atoms with E-state index in [1.165, 1.54) is 13.0 Å². The van der Waals surface area contributed by atoms with Crippen molar-refractivity contribution >= 4 is 13.0 Å². The van der Waals surface area contributed by atoms with Gasteiger partial charge in [-0.15, -0.1) is 0 Å². The molecule has 0 aliphatic carbocycles. The van der Waals surface area contributed by atoms with E-state index in [4.69, 9.17) is 18.9 Å². The third kappa shape index (κ3) is 5.51. The van der Waals surface area contributed by atoms with Crippen molar-refractivity contribution in [3.05, 3.63) is 29.3 Å². The zero-order valence-corrected chi connectivity index (χ0v) is 17.6. The summed E-state index contributed by atoms with van der Waals surface area (Å²) >= 11 is 0. The Balaban J connectivity index is 1.75. The average molecular weight is 445 g/mol. The highest BCUT2D eigenvalue weighted by Crippen LogP contribution is 2.41. The van der Waals surface area contributed by atoms with E-state index >= 15 is 0 Å². The van der Waals surface area contributed by atoms with Crippen molar-refractivity contribution in [1.82, 2.24) is 5.32 Å². The monoisotopic (exact) mass is 445 g/mol. The second kappa shape index (κ2) is 8.26. The normalized spacial score (nSPS) is 28.6. The highest BCUT2D eigenvalue weighted by atomic mass is 19.3. The Morgan fingerprint density at radius 2 is 2.10 bits per heavy atom. The molecule has 0 spiro atoms. The molecule has 4 atom stereocenters. The number of rotatable bonds is 6. The van der Waals surface area contributed by atoms with Gasteiger partial charge in [-0.05, 0) is 39.7 Å². The van der Waals surface area contributed by atoms with Crippen molar-refractivity contribution in [2.24, 2.45) is 0 Å². The van der Waals surface area contributed by atoms with E-state index in [-0.39, 0.29) is 17.7 Å². The third-order valence-corrected chi connectivity index (χ3v) is 4.87. The minimum atomic E-state index is -3.18. The largest absolute Gasteiger partial charge is 0.547 e. The van der Waals surface area contributed by atoms with E-state index in [0.29, 0.717) is 12.5 Å². The van der Waals surface area contributed by atoms with Gasteiger partial charge in [0.25, 0.3) is 5.92 Å². The number of para-hydroxylation sites is 1. The van der Waals surface area contributed by atoms with Gasteiger partial charge < -0.3 is 39.4 Å². The number of hydrogen-bond donors (Lipinski definition) is 4. The molecule has 12 heteroatoms. The molecule has 4 N–H and O–H groups in total. The maximum Gasteiger partial charge on any atom is 0.547 e. The predicted molar refractivity (Wildman–Crippen MR) is 103 cm³/mol. The van der Waals surface area contributed by atoms with Crippen LogP contribution in [0.25, 0.3) is 0 Å². The van der Waals surface area contributed by atoms with Crippen LogP contribution in [0.15, 0.2) is 18.2 Å². The van der Waals surface area contributed by atoms with Crippen LogP contribution in [-0.4, -0.2) is 58.0 Å². The first-order chi connectivity index (χ1) is 14.2. The number of halogens is 2. The van der Waals surface area contributed by atoms with E-state index in [1.807, 2.05) is 0 Å². The van der Waals surface area contributed by atoms with Crippen LogP contribution in [0.3, 0.4) is 0 Å². The molecule has 2 heterocycles. The van der Waals surface area contributed by atoms with Crippen molar-refractivity contribution in [3.63, 3.8) is 0 Å². The molecule has 172 valence electrons. The summed E-state index contributed by atoms with van der Waals surface area (Å²) in [7, 11) is -1.54. The first-order valence-corrected chi connectivity index (χ1v) is 9.75. The smallest absolute Gasteiger partial charge is 0.534 e. The number of amides is 1. The number of alkyl halides is 2. The SMILES string of the molecule is CC(F)(F)CC(=O)N[C@H]1Cc2cccc(C(O)OC3(C)OC(C)(C)OC3O)c2OB1O. The molecule has 0 radical (unpaired) electrons. The molecule has 1 aromatic carbocycles. The quantitative estimate of drug-likeness (QED) is 0.378. The molecule has 3 rings (SSSR count). The Bertz CT molecular complexity index is 836. The summed E-state index contributed by atoms with van der Waals surface area (Å²) in [6.45, 7) is 5.17. The van der Waals surface area contributed by atoms with Crippen molar-refractivity contribution in [2.45, 2.75) is 76.6 Å². The zero-order chi connectivity index (χ0) is 23.2. The average Bonchev–Trinajstić information content (AvgIpc) is 2.79. The van der Waals surface area contributed by atoms with Crippen LogP contribution in [0.4, 0.5) is 8.78 Å². The van der Waals surface area contributed by atoms with Gasteiger partial charge in [-0.1, -0.05) is 18.2 Å². The molecule has 1 amide bonds. The van der Waals surface area contributed by atoms with Gasteiger partial charge in [0.05, 0.1) is 12.4 Å². The fourth-order valence-electron chi connectivity index (χ4n) is 3.61. The highest BCUT2D eigenvalue weighted by molar-refractivity contribution is 6.46. The van der Waals surface area contributed by atoms with Gasteiger partial charge in [-0.25, -0.2) is 8.78 Å². The standard InChI is InChI=1S/C19H26BF2NO8/c1-17(2)29-16(26)19(4,31-17)28-15(25)11-7-5-6-10-8-12(20(27)30-14(10)11)23-13(24)9-18(3,21)22/h5-7,12,15-16,25-27H,8-9H2,1-4H3,(H,23,24)/t12-,15?,16?,19?/m0/s1. The molecular formula is C19H26BF2NO8. The molecule has 31 heavy (non-hydrogen) atoms. The van der Waals surface area contributed by atoms with Crippen molar-refractivity contribution in [1.29, 1.82) is 0 Å². The molecule has 1 fully saturated rings. The van der Waals surface area contributed by atoms with E-state index < -0.39 is 55.5 Å². The number of benzene rings is 1. The van der Waals surface area contributed by atoms with Gasteiger partial charge in [0.2, 0.25) is 18.0 Å². The Labute approximate surface area is 178 Å². The van der Waals surface area contributed by atoms with E-state index in [2.05, 4.69) is 5.32 Å². The lowest BCUT2D eigenvalue weighted by molar-refractivity contribution is -0.317. The molecule has 0 saturated carbocycles. The van der Waals surface area contributed by atoms with Crippen molar-refractivity contribution in [3.8, 4) is 5.75 Å². The second-order valence-corrected chi connectivity index (χ2v) is 8.43. The minimum absolute atomic E-state index is 0.0740. The van der Waals surface area contributed by atoms with Gasteiger partial charge in [0, 0.05) is 5.56 Å². The first-order valence-electron chi connectivity index (χ1n) is 9.75. The first kappa shape index (κ1) is 23.8. The lowest BCUT2D eigenvalue weighted by Gasteiger charge is -2.33. The highest BCUT2D eigenvalue weighted by Gasteiger charge is 2.52. The number of carbonyl (C=O) groups excluding carboxylic acids is 1. The fraction of sp³-hybridized carbons (Fsp3) is 0.632. The Kier molecular flexibility index (Phi) is 6.35. The van der Waals surface area contributed by atoms with Crippen molar-refractivity contribution in [2.75, 3.05) is 0 Å². The molecule has 2 aliphatic rings. The topological polar surface area (TPSA) is 127 Å². The molecule has 0 aromatic heterocycles. The predicted octanol–water partition coefficient (Wildman–Crippen LogP) is 0.996. The Morgan fingerprint density at radius 3 is 2.68 bits per heavy atom. The maximum absolute atomic E-state index is 13.0. The van der Waals surface area contributed by atoms with Gasteiger partial charge in [0.1, 0.15) is 5.75 Å². The minimum Gasteiger partial charge on any atom is -0.534 e. The van der Waals surface area contributed by atoms with E-state index in [1.54, 1.807) is 26.0 Å². The second-order valence-electron chi connectivity index (χ2n) is 8.43. The van der Waals surface area contributed by atoms with Gasteiger partial charge in [-0.2, -0.15) is 0 Å². The molecule has 0 bridgehead atoms. The number of nitrogens with one attached hydrogen (secondary N) is 1. The summed E-state index contributed by atoms with van der Waals surface area (Å²) in [5.74, 6) is -7.77. The zero-order valence-electron chi connectivity index (χ0n) is 17.6. The number of aliphatic hydroxyl groups excluding tert-OH is 2. The van der Waals surface area contributed by atoms with Crippen LogP contribution in [0.5, 0.6) is 5.75 Å². The molecule has 3 unspecified atom stereocenters. The lowest BCUT2D eigenvalue weighted by atomic mass is 9.72. The number of ether oxygens (including phenoxy) is 3. The van der Waals surface area contributed by atoms with Crippen LogP contribution >= 0.6 is 0 Å². The Hall–Kier alpha value is -1.83. The van der Waals surface area contributed by atoms with Crippen LogP contribution in [-0.2, 0) is 25.4 Å². The lowest BCUT2D eigenvalue weighted by Crippen LogP contribution is -2.53. The van der Waals surface area contributed by atoms with E-state index in [9.17, 15) is 28.8 Å². The van der Waals surface area contributed by atoms with E-state index in [0.717, 1.165) is 0 Å². The molecule has 9 nitrogen and oxygen atoms in total. The van der Waals surface area contributed by atoms with Gasteiger partial charge in [-0.3, -0.25) is 4.79 Å². The summed E-state index contributed by atoms with van der Waals surface area (Å²) < 4.78 is 47.9. The van der Waals surface area contributed by atoms with Gasteiger partial charge >= 0.3 is 7.12 Å². The number of aliphatic hydroxyl groups is 2. The van der Waals surface area contributed by atoms with Gasteiger partial charge in [0.15, 0.2) is 12.1 Å². The summed E-state index contributed by atoms with van der Waals surface area (Å²) in [6, 6.07) is 4.72. The van der Waals surface area contributed by atoms with Crippen LogP contribution < -0.4 is 9.97 Å². The Morgan fingerprint density at radius 1 is 1.42 bits per heavy atom. The molecule has 2 aliphatic heterocycles. The fourth-order valence-corrected chi connectivity index (χ4v) is 3.61. The van der Waals surface area contributed by atoms with Crippen LogP contribution in [0.2, 0.25) is 0 Å².